The van der Waals surface area contributed by atoms with Gasteiger partial charge in [0, 0.05) is 5.92 Å². The first-order valence-electron chi connectivity index (χ1n) is 6.27. The molecule has 0 aliphatic carbocycles. The third kappa shape index (κ3) is 2.92. The van der Waals surface area contributed by atoms with Gasteiger partial charge in [0.25, 0.3) is 5.56 Å². The van der Waals surface area contributed by atoms with Crippen LogP contribution in [0, 0.1) is 5.92 Å². The topological polar surface area (TPSA) is 145 Å². The highest BCUT2D eigenvalue weighted by molar-refractivity contribution is 7.52. The van der Waals surface area contributed by atoms with Gasteiger partial charge in [-0.15, -0.1) is 0 Å². The third-order valence-corrected chi connectivity index (χ3v) is 4.55. The number of aromatic nitrogens is 4. The molecular weight excluding hydrogens is 301 g/mol. The van der Waals surface area contributed by atoms with Crippen LogP contribution in [0.1, 0.15) is 6.42 Å². The summed E-state index contributed by atoms with van der Waals surface area (Å²) in [5, 5.41) is 0. The summed E-state index contributed by atoms with van der Waals surface area (Å²) in [5.41, 5.74) is 5.39. The Kier molecular flexibility index (Phi) is 3.44. The summed E-state index contributed by atoms with van der Waals surface area (Å²) in [6.45, 7) is 0.399. The van der Waals surface area contributed by atoms with Gasteiger partial charge in [-0.1, -0.05) is 0 Å². The van der Waals surface area contributed by atoms with E-state index in [1.54, 1.807) is 0 Å². The molecule has 0 radical (unpaired) electrons. The smallest absolute Gasteiger partial charge is 0.328 e. The summed E-state index contributed by atoms with van der Waals surface area (Å²) in [6.07, 6.45) is 1.96. The zero-order valence-corrected chi connectivity index (χ0v) is 11.8. The molecule has 3 heterocycles. The number of anilines is 1. The van der Waals surface area contributed by atoms with E-state index in [1.165, 1.54) is 11.1 Å². The molecule has 21 heavy (non-hydrogen) atoms. The Morgan fingerprint density at radius 2 is 2.48 bits per heavy atom. The number of nitrogens with two attached hydrogens (primary N) is 1. The number of imidazole rings is 1. The summed E-state index contributed by atoms with van der Waals surface area (Å²) in [6, 6.07) is 0. The van der Waals surface area contributed by atoms with Crippen molar-refractivity contribution in [1.29, 1.82) is 0 Å². The van der Waals surface area contributed by atoms with Crippen LogP contribution in [-0.2, 0) is 9.09 Å². The van der Waals surface area contributed by atoms with Crippen LogP contribution in [0.3, 0.4) is 0 Å². The molecule has 0 saturated carbocycles. The van der Waals surface area contributed by atoms with Gasteiger partial charge in [0.2, 0.25) is 11.6 Å². The molecule has 2 aromatic rings. The molecule has 0 amide bonds. The fourth-order valence-corrected chi connectivity index (χ4v) is 3.30. The van der Waals surface area contributed by atoms with Crippen LogP contribution in [-0.4, -0.2) is 44.0 Å². The first-order valence-corrected chi connectivity index (χ1v) is 8.03. The Morgan fingerprint density at radius 3 is 3.19 bits per heavy atom. The van der Waals surface area contributed by atoms with Gasteiger partial charge in [0.1, 0.15) is 12.9 Å². The van der Waals surface area contributed by atoms with E-state index < -0.39 is 13.2 Å². The van der Waals surface area contributed by atoms with Crippen molar-refractivity contribution < 1.29 is 18.8 Å². The molecule has 4 N–H and O–H groups in total. The zero-order chi connectivity index (χ0) is 15.0. The second kappa shape index (κ2) is 5.14. The van der Waals surface area contributed by atoms with Crippen LogP contribution in [0.5, 0.6) is 0 Å². The average molecular weight is 315 g/mol. The Morgan fingerprint density at radius 1 is 1.67 bits per heavy atom. The maximum Gasteiger partial charge on any atom is 0.328 e. The van der Waals surface area contributed by atoms with E-state index in [0.717, 1.165) is 0 Å². The lowest BCUT2D eigenvalue weighted by molar-refractivity contribution is 0.0574. The summed E-state index contributed by atoms with van der Waals surface area (Å²) < 4.78 is 17.4. The highest BCUT2D eigenvalue weighted by Crippen LogP contribution is 2.46. The highest BCUT2D eigenvalue weighted by Gasteiger charge is 2.29. The summed E-state index contributed by atoms with van der Waals surface area (Å²) in [5.74, 6) is -0.0453. The number of H-pyrrole nitrogens is 1. The van der Waals surface area contributed by atoms with Crippen LogP contribution < -0.4 is 16.1 Å². The standard InChI is InChI=1S/C10H14N5O5P/c11-10-13-8-7(9(16)14-10)12-5-15(8)19-3-6-1-2-21(17,18)20-4-6/h5-6H,1-4H2,(H,17,18)(H3,11,13,14,16)/t6-/m0/s1. The van der Waals surface area contributed by atoms with Crippen LogP contribution in [0.4, 0.5) is 5.95 Å². The van der Waals surface area contributed by atoms with Crippen molar-refractivity contribution in [3.8, 4) is 0 Å². The van der Waals surface area contributed by atoms with Gasteiger partial charge in [-0.2, -0.15) is 9.71 Å². The van der Waals surface area contributed by atoms with E-state index in [4.69, 9.17) is 15.1 Å². The van der Waals surface area contributed by atoms with Crippen molar-refractivity contribution >= 4 is 24.7 Å². The van der Waals surface area contributed by atoms with E-state index in [9.17, 15) is 14.3 Å². The minimum atomic E-state index is -3.41. The summed E-state index contributed by atoms with van der Waals surface area (Å²) in [7, 11) is -3.41. The largest absolute Gasteiger partial charge is 0.410 e. The van der Waals surface area contributed by atoms with Crippen molar-refractivity contribution in [3.05, 3.63) is 16.7 Å². The number of nitrogens with one attached hydrogen (secondary N) is 1. The Hall–Kier alpha value is -1.90. The van der Waals surface area contributed by atoms with Gasteiger partial charge in [0.05, 0.1) is 12.8 Å². The molecule has 114 valence electrons. The van der Waals surface area contributed by atoms with E-state index in [0.29, 0.717) is 6.42 Å². The van der Waals surface area contributed by atoms with Gasteiger partial charge < -0.3 is 20.0 Å². The van der Waals surface area contributed by atoms with Gasteiger partial charge in [-0.3, -0.25) is 14.3 Å². The lowest BCUT2D eigenvalue weighted by Crippen LogP contribution is -2.27. The first-order chi connectivity index (χ1) is 9.94. The van der Waals surface area contributed by atoms with E-state index >= 15 is 0 Å². The van der Waals surface area contributed by atoms with Gasteiger partial charge >= 0.3 is 7.60 Å². The van der Waals surface area contributed by atoms with Crippen molar-refractivity contribution in [1.82, 2.24) is 19.7 Å². The fourth-order valence-electron chi connectivity index (χ4n) is 2.03. The van der Waals surface area contributed by atoms with Crippen molar-refractivity contribution in [3.63, 3.8) is 0 Å². The summed E-state index contributed by atoms with van der Waals surface area (Å²) >= 11 is 0. The predicted molar refractivity (Wildman–Crippen MR) is 72.8 cm³/mol. The van der Waals surface area contributed by atoms with Gasteiger partial charge in [-0.25, -0.2) is 4.98 Å². The number of rotatable bonds is 3. The second-order valence-corrected chi connectivity index (χ2v) is 6.78. The maximum atomic E-state index is 11.6. The predicted octanol–water partition coefficient (Wildman–Crippen LogP) is -0.648. The quantitative estimate of drug-likeness (QED) is 0.634. The minimum Gasteiger partial charge on any atom is -0.410 e. The highest BCUT2D eigenvalue weighted by atomic mass is 31.2. The van der Waals surface area contributed by atoms with E-state index in [2.05, 4.69) is 15.0 Å². The van der Waals surface area contributed by atoms with E-state index in [1.807, 2.05) is 0 Å². The van der Waals surface area contributed by atoms with Crippen LogP contribution in [0.25, 0.3) is 11.2 Å². The van der Waals surface area contributed by atoms with Crippen molar-refractivity contribution in [2.45, 2.75) is 6.42 Å². The van der Waals surface area contributed by atoms with Crippen molar-refractivity contribution in [2.75, 3.05) is 25.1 Å². The minimum absolute atomic E-state index is 0.0176. The van der Waals surface area contributed by atoms with Crippen LogP contribution in [0.2, 0.25) is 0 Å². The van der Waals surface area contributed by atoms with E-state index in [-0.39, 0.29) is 42.4 Å². The molecular formula is C10H14N5O5P. The molecule has 1 saturated heterocycles. The lowest BCUT2D eigenvalue weighted by atomic mass is 10.1. The Balaban J connectivity index is 1.72. The van der Waals surface area contributed by atoms with Crippen LogP contribution in [0.15, 0.2) is 11.1 Å². The third-order valence-electron chi connectivity index (χ3n) is 3.18. The molecule has 1 fully saturated rings. The molecule has 0 bridgehead atoms. The normalized spacial score (nSPS) is 26.0. The number of aromatic amines is 1. The molecule has 0 spiro atoms. The zero-order valence-electron chi connectivity index (χ0n) is 10.9. The van der Waals surface area contributed by atoms with Crippen molar-refractivity contribution in [2.24, 2.45) is 5.92 Å². The summed E-state index contributed by atoms with van der Waals surface area (Å²) in [4.78, 5) is 36.6. The Bertz CT molecular complexity index is 759. The molecule has 10 nitrogen and oxygen atoms in total. The number of hydrogen-bond donors (Lipinski definition) is 3. The number of nitrogens with zero attached hydrogens (tertiary/aromatic N) is 3. The number of hydrogen-bond acceptors (Lipinski definition) is 7. The molecule has 0 aromatic carbocycles. The molecule has 2 atom stereocenters. The maximum absolute atomic E-state index is 11.6. The van der Waals surface area contributed by atoms with Gasteiger partial charge in [0.15, 0.2) is 5.52 Å². The SMILES string of the molecule is Nc1nc2c(ncn2OC[C@@H]2CCP(=O)(O)OC2)c(=O)[nH]1. The number of fused-ring (bicyclic) bond motifs is 1. The Labute approximate surface area is 118 Å². The molecule has 1 aliphatic heterocycles. The lowest BCUT2D eigenvalue weighted by Gasteiger charge is -2.25. The number of nitrogen functional groups attached to an aromatic ring is 1. The fraction of sp³-hybridized carbons (Fsp3) is 0.500. The average Bonchev–Trinajstić information content (AvgIpc) is 2.81. The van der Waals surface area contributed by atoms with Crippen LogP contribution >= 0.6 is 7.60 Å². The molecule has 11 heteroatoms. The van der Waals surface area contributed by atoms with Gasteiger partial charge in [-0.05, 0) is 6.42 Å². The first kappa shape index (κ1) is 14.1. The second-order valence-electron chi connectivity index (χ2n) is 4.80. The monoisotopic (exact) mass is 315 g/mol. The molecule has 1 unspecified atom stereocenters. The molecule has 3 rings (SSSR count). The molecule has 1 aliphatic rings. The molecule has 2 aromatic heterocycles.